The fraction of sp³-hybridized carbons (Fsp3) is 0.400. The number of pyridine rings is 1. The maximum Gasteiger partial charge on any atom is 0.224 e. The van der Waals surface area contributed by atoms with Crippen LogP contribution < -0.4 is 5.73 Å². The number of piperazine rings is 1. The van der Waals surface area contributed by atoms with E-state index in [0.717, 1.165) is 25.3 Å². The third kappa shape index (κ3) is 5.09. The van der Waals surface area contributed by atoms with E-state index in [4.69, 9.17) is 5.73 Å². The average Bonchev–Trinajstić information content (AvgIpc) is 2.65. The lowest BCUT2D eigenvalue weighted by Gasteiger charge is -2.35. The van der Waals surface area contributed by atoms with Crippen LogP contribution in [0.4, 0.5) is 4.39 Å². The van der Waals surface area contributed by atoms with Gasteiger partial charge in [-0.05, 0) is 30.2 Å². The van der Waals surface area contributed by atoms with Crippen molar-refractivity contribution in [2.45, 2.75) is 25.4 Å². The van der Waals surface area contributed by atoms with Crippen LogP contribution in [0.5, 0.6) is 0 Å². The normalized spacial score (nSPS) is 16.5. The fourth-order valence-corrected chi connectivity index (χ4v) is 3.25. The molecule has 2 heterocycles. The summed E-state index contributed by atoms with van der Waals surface area (Å²) in [6.07, 6.45) is 2.42. The third-order valence-corrected chi connectivity index (χ3v) is 4.71. The van der Waals surface area contributed by atoms with Crippen molar-refractivity contribution in [2.24, 2.45) is 5.73 Å². The standard InChI is InChI=1S/C20H25FN4O/c21-19-7-2-1-5-16(19)13-17(22)14-20(26)25-11-9-24(10-12-25)15-18-6-3-4-8-23-18/h1-8,17H,9-15,22H2/t17-/m1/s1. The Morgan fingerprint density at radius 1 is 1.12 bits per heavy atom. The summed E-state index contributed by atoms with van der Waals surface area (Å²) in [5.41, 5.74) is 7.68. The number of nitrogens with two attached hydrogens (primary N) is 1. The van der Waals surface area contributed by atoms with Crippen molar-refractivity contribution in [3.8, 4) is 0 Å². The predicted octanol–water partition coefficient (Wildman–Crippen LogP) is 1.83. The lowest BCUT2D eigenvalue weighted by molar-refractivity contribution is -0.133. The smallest absolute Gasteiger partial charge is 0.224 e. The van der Waals surface area contributed by atoms with Gasteiger partial charge in [-0.2, -0.15) is 0 Å². The van der Waals surface area contributed by atoms with Crippen molar-refractivity contribution in [2.75, 3.05) is 26.2 Å². The number of carbonyl (C=O) groups is 1. The Bertz CT molecular complexity index is 717. The van der Waals surface area contributed by atoms with E-state index < -0.39 is 0 Å². The van der Waals surface area contributed by atoms with Gasteiger partial charge in [-0.25, -0.2) is 4.39 Å². The summed E-state index contributed by atoms with van der Waals surface area (Å²) in [6, 6.07) is 12.1. The number of rotatable bonds is 6. The zero-order chi connectivity index (χ0) is 18.4. The van der Waals surface area contributed by atoms with Crippen LogP contribution in [0, 0.1) is 5.82 Å². The number of hydrogen-bond acceptors (Lipinski definition) is 4. The molecule has 0 radical (unpaired) electrons. The molecule has 0 saturated carbocycles. The maximum atomic E-state index is 13.7. The summed E-state index contributed by atoms with van der Waals surface area (Å²) in [6.45, 7) is 3.83. The molecule has 1 amide bonds. The van der Waals surface area contributed by atoms with Gasteiger partial charge in [0, 0.05) is 51.4 Å². The quantitative estimate of drug-likeness (QED) is 0.858. The molecule has 0 unspecified atom stereocenters. The molecule has 1 aromatic heterocycles. The van der Waals surface area contributed by atoms with Crippen LogP contribution in [0.15, 0.2) is 48.7 Å². The van der Waals surface area contributed by atoms with E-state index in [1.165, 1.54) is 6.07 Å². The van der Waals surface area contributed by atoms with E-state index in [2.05, 4.69) is 9.88 Å². The zero-order valence-electron chi connectivity index (χ0n) is 14.9. The summed E-state index contributed by atoms with van der Waals surface area (Å²) in [5.74, 6) is -0.218. The first-order chi connectivity index (χ1) is 12.6. The van der Waals surface area contributed by atoms with Gasteiger partial charge in [0.25, 0.3) is 0 Å². The van der Waals surface area contributed by atoms with Crippen molar-refractivity contribution >= 4 is 5.91 Å². The van der Waals surface area contributed by atoms with Crippen molar-refractivity contribution in [3.63, 3.8) is 0 Å². The minimum absolute atomic E-state index is 0.0475. The van der Waals surface area contributed by atoms with Gasteiger partial charge in [0.2, 0.25) is 5.91 Å². The highest BCUT2D eigenvalue weighted by atomic mass is 19.1. The highest BCUT2D eigenvalue weighted by Crippen LogP contribution is 2.12. The minimum atomic E-state index is -0.369. The second-order valence-electron chi connectivity index (χ2n) is 6.74. The lowest BCUT2D eigenvalue weighted by Crippen LogP contribution is -2.49. The average molecular weight is 356 g/mol. The monoisotopic (exact) mass is 356 g/mol. The molecule has 26 heavy (non-hydrogen) atoms. The number of carbonyl (C=O) groups excluding carboxylic acids is 1. The second-order valence-corrected chi connectivity index (χ2v) is 6.74. The molecule has 5 nitrogen and oxygen atoms in total. The molecule has 0 aliphatic carbocycles. The first-order valence-corrected chi connectivity index (χ1v) is 9.01. The molecule has 1 atom stereocenters. The summed E-state index contributed by atoms with van der Waals surface area (Å²) in [5, 5.41) is 0. The summed E-state index contributed by atoms with van der Waals surface area (Å²) < 4.78 is 13.7. The van der Waals surface area contributed by atoms with Crippen LogP contribution in [0.1, 0.15) is 17.7 Å². The number of nitrogens with zero attached hydrogens (tertiary/aromatic N) is 3. The Labute approximate surface area is 153 Å². The molecule has 138 valence electrons. The number of benzene rings is 1. The van der Waals surface area contributed by atoms with Gasteiger partial charge in [0.1, 0.15) is 5.82 Å². The summed E-state index contributed by atoms with van der Waals surface area (Å²) in [7, 11) is 0. The molecule has 2 aromatic rings. The van der Waals surface area contributed by atoms with Crippen molar-refractivity contribution in [3.05, 3.63) is 65.7 Å². The van der Waals surface area contributed by atoms with Crippen LogP contribution >= 0.6 is 0 Å². The molecule has 1 aliphatic rings. The Morgan fingerprint density at radius 2 is 1.85 bits per heavy atom. The first kappa shape index (κ1) is 18.5. The van der Waals surface area contributed by atoms with Gasteiger partial charge in [0.05, 0.1) is 5.69 Å². The van der Waals surface area contributed by atoms with Gasteiger partial charge >= 0.3 is 0 Å². The highest BCUT2D eigenvalue weighted by Gasteiger charge is 2.23. The van der Waals surface area contributed by atoms with Gasteiger partial charge in [-0.15, -0.1) is 0 Å². The molecule has 1 aromatic carbocycles. The van der Waals surface area contributed by atoms with Gasteiger partial charge in [0.15, 0.2) is 0 Å². The van der Waals surface area contributed by atoms with E-state index in [9.17, 15) is 9.18 Å². The van der Waals surface area contributed by atoms with Crippen molar-refractivity contribution < 1.29 is 9.18 Å². The molecule has 0 spiro atoms. The molecule has 1 saturated heterocycles. The fourth-order valence-electron chi connectivity index (χ4n) is 3.25. The molecule has 2 N–H and O–H groups in total. The van der Waals surface area contributed by atoms with Crippen LogP contribution in [0.2, 0.25) is 0 Å². The van der Waals surface area contributed by atoms with Crippen LogP contribution in [0.25, 0.3) is 0 Å². The Balaban J connectivity index is 1.44. The van der Waals surface area contributed by atoms with Crippen molar-refractivity contribution in [1.82, 2.24) is 14.8 Å². The molecule has 3 rings (SSSR count). The maximum absolute atomic E-state index is 13.7. The van der Waals surface area contributed by atoms with E-state index >= 15 is 0 Å². The molecular weight excluding hydrogens is 331 g/mol. The number of halogens is 1. The first-order valence-electron chi connectivity index (χ1n) is 9.01. The highest BCUT2D eigenvalue weighted by molar-refractivity contribution is 5.77. The predicted molar refractivity (Wildman–Crippen MR) is 98.8 cm³/mol. The zero-order valence-corrected chi connectivity index (χ0v) is 14.9. The van der Waals surface area contributed by atoms with Gasteiger partial charge in [-0.3, -0.25) is 14.7 Å². The topological polar surface area (TPSA) is 62.5 Å². The van der Waals surface area contributed by atoms with Crippen LogP contribution in [0.3, 0.4) is 0 Å². The second kappa shape index (κ2) is 8.87. The Hall–Kier alpha value is -2.31. The largest absolute Gasteiger partial charge is 0.340 e. The number of amides is 1. The molecule has 0 bridgehead atoms. The molecular formula is C20H25FN4O. The van der Waals surface area contributed by atoms with Gasteiger partial charge < -0.3 is 10.6 Å². The third-order valence-electron chi connectivity index (χ3n) is 4.71. The van der Waals surface area contributed by atoms with E-state index in [-0.39, 0.29) is 24.2 Å². The molecule has 6 heteroatoms. The summed E-state index contributed by atoms with van der Waals surface area (Å²) in [4.78, 5) is 21.0. The lowest BCUT2D eigenvalue weighted by atomic mass is 10.0. The van der Waals surface area contributed by atoms with Crippen LogP contribution in [-0.2, 0) is 17.8 Å². The van der Waals surface area contributed by atoms with Crippen molar-refractivity contribution in [1.29, 1.82) is 0 Å². The Kier molecular flexibility index (Phi) is 6.30. The number of hydrogen-bond donors (Lipinski definition) is 1. The minimum Gasteiger partial charge on any atom is -0.340 e. The molecule has 1 fully saturated rings. The number of aromatic nitrogens is 1. The molecule has 1 aliphatic heterocycles. The summed E-state index contributed by atoms with van der Waals surface area (Å²) >= 11 is 0. The van der Waals surface area contributed by atoms with E-state index in [0.29, 0.717) is 25.1 Å². The van der Waals surface area contributed by atoms with E-state index in [1.54, 1.807) is 24.4 Å². The SMILES string of the molecule is N[C@@H](CC(=O)N1CCN(Cc2ccccn2)CC1)Cc1ccccc1F. The van der Waals surface area contributed by atoms with Gasteiger partial charge in [-0.1, -0.05) is 24.3 Å². The van der Waals surface area contributed by atoms with Crippen LogP contribution in [-0.4, -0.2) is 52.9 Å². The Morgan fingerprint density at radius 3 is 2.54 bits per heavy atom. The van der Waals surface area contributed by atoms with E-state index in [1.807, 2.05) is 23.1 Å².